The van der Waals surface area contributed by atoms with E-state index >= 15 is 0 Å². The molecule has 1 unspecified atom stereocenters. The molecule has 0 radical (unpaired) electrons. The van der Waals surface area contributed by atoms with E-state index in [2.05, 4.69) is 30.9 Å². The van der Waals surface area contributed by atoms with Crippen LogP contribution >= 0.6 is 0 Å². The summed E-state index contributed by atoms with van der Waals surface area (Å²) in [5, 5.41) is 9.97. The van der Waals surface area contributed by atoms with Gasteiger partial charge in [0.05, 0.1) is 6.10 Å². The lowest BCUT2D eigenvalue weighted by Crippen LogP contribution is -2.06. The van der Waals surface area contributed by atoms with Gasteiger partial charge in [0.2, 0.25) is 0 Å². The van der Waals surface area contributed by atoms with Gasteiger partial charge in [0.25, 0.3) is 0 Å². The number of aliphatic hydroxyl groups excluding tert-OH is 1. The first-order valence-electron chi connectivity index (χ1n) is 7.25. The quantitative estimate of drug-likeness (QED) is 0.844. The van der Waals surface area contributed by atoms with Crippen LogP contribution in [0.3, 0.4) is 0 Å². The Labute approximate surface area is 126 Å². The van der Waals surface area contributed by atoms with Crippen molar-refractivity contribution >= 4 is 0 Å². The topological polar surface area (TPSA) is 46.2 Å². The fourth-order valence-electron chi connectivity index (χ4n) is 2.16. The molecule has 0 fully saturated rings. The standard InChI is InChI=1S/C19H21NO/c1-15(17-7-3-2-4-8-17)10-11-16-6-5-9-18(14-16)19(21)12-13-20/h2-9,14-15,19,21H,12-13,20H2,1H3/t15?,19-/m1/s1. The zero-order valence-corrected chi connectivity index (χ0v) is 12.3. The normalized spacial score (nSPS) is 13.1. The van der Waals surface area contributed by atoms with Gasteiger partial charge in [0.15, 0.2) is 0 Å². The summed E-state index contributed by atoms with van der Waals surface area (Å²) in [7, 11) is 0. The summed E-state index contributed by atoms with van der Waals surface area (Å²) in [6.07, 6.45) is 0.0559. The molecular weight excluding hydrogens is 258 g/mol. The summed E-state index contributed by atoms with van der Waals surface area (Å²) in [5.41, 5.74) is 8.49. The minimum Gasteiger partial charge on any atom is -0.388 e. The average Bonchev–Trinajstić information content (AvgIpc) is 2.54. The Kier molecular flexibility index (Phi) is 5.57. The van der Waals surface area contributed by atoms with Crippen molar-refractivity contribution in [3.05, 3.63) is 71.3 Å². The fourth-order valence-corrected chi connectivity index (χ4v) is 2.16. The summed E-state index contributed by atoms with van der Waals surface area (Å²) < 4.78 is 0. The number of rotatable bonds is 4. The highest BCUT2D eigenvalue weighted by Gasteiger charge is 2.06. The summed E-state index contributed by atoms with van der Waals surface area (Å²) in [5.74, 6) is 6.63. The molecule has 0 aliphatic carbocycles. The predicted octanol–water partition coefficient (Wildman–Crippen LogP) is 3.22. The molecule has 21 heavy (non-hydrogen) atoms. The minimum absolute atomic E-state index is 0.184. The van der Waals surface area contributed by atoms with Gasteiger partial charge < -0.3 is 10.8 Å². The van der Waals surface area contributed by atoms with E-state index in [1.165, 1.54) is 5.56 Å². The van der Waals surface area contributed by atoms with Gasteiger partial charge in [-0.05, 0) is 43.1 Å². The van der Waals surface area contributed by atoms with Gasteiger partial charge in [-0.15, -0.1) is 0 Å². The Morgan fingerprint density at radius 1 is 1.05 bits per heavy atom. The third-order valence-corrected chi connectivity index (χ3v) is 3.44. The van der Waals surface area contributed by atoms with Gasteiger partial charge in [0.1, 0.15) is 0 Å². The smallest absolute Gasteiger partial charge is 0.0802 e. The zero-order chi connectivity index (χ0) is 15.1. The van der Waals surface area contributed by atoms with E-state index in [0.717, 1.165) is 11.1 Å². The molecule has 2 nitrogen and oxygen atoms in total. The van der Waals surface area contributed by atoms with Crippen molar-refractivity contribution in [2.45, 2.75) is 25.4 Å². The van der Waals surface area contributed by atoms with E-state index in [-0.39, 0.29) is 5.92 Å². The molecular formula is C19H21NO. The van der Waals surface area contributed by atoms with Crippen molar-refractivity contribution in [2.24, 2.45) is 5.73 Å². The molecule has 2 heteroatoms. The predicted molar refractivity (Wildman–Crippen MR) is 86.8 cm³/mol. The van der Waals surface area contributed by atoms with Crippen LogP contribution in [-0.4, -0.2) is 11.7 Å². The van der Waals surface area contributed by atoms with Crippen molar-refractivity contribution < 1.29 is 5.11 Å². The van der Waals surface area contributed by atoms with Gasteiger partial charge in [-0.3, -0.25) is 0 Å². The van der Waals surface area contributed by atoms with E-state index in [4.69, 9.17) is 5.73 Å². The second-order valence-electron chi connectivity index (χ2n) is 5.12. The SMILES string of the molecule is CC(C#Cc1cccc([C@H](O)CCN)c1)c1ccccc1. The lowest BCUT2D eigenvalue weighted by molar-refractivity contribution is 0.170. The molecule has 2 aromatic rings. The third kappa shape index (κ3) is 4.46. The highest BCUT2D eigenvalue weighted by molar-refractivity contribution is 5.40. The molecule has 0 saturated heterocycles. The molecule has 0 bridgehead atoms. The van der Waals surface area contributed by atoms with Crippen LogP contribution in [0.25, 0.3) is 0 Å². The number of hydrogen-bond donors (Lipinski definition) is 2. The van der Waals surface area contributed by atoms with Gasteiger partial charge >= 0.3 is 0 Å². The molecule has 0 saturated carbocycles. The lowest BCUT2D eigenvalue weighted by Gasteiger charge is -2.09. The maximum Gasteiger partial charge on any atom is 0.0802 e. The van der Waals surface area contributed by atoms with Crippen LogP contribution in [0.2, 0.25) is 0 Å². The minimum atomic E-state index is -0.511. The largest absolute Gasteiger partial charge is 0.388 e. The molecule has 0 aliphatic heterocycles. The highest BCUT2D eigenvalue weighted by atomic mass is 16.3. The molecule has 2 aromatic carbocycles. The van der Waals surface area contributed by atoms with Crippen LogP contribution < -0.4 is 5.73 Å². The van der Waals surface area contributed by atoms with Gasteiger partial charge in [-0.1, -0.05) is 54.3 Å². The molecule has 0 spiro atoms. The van der Waals surface area contributed by atoms with Crippen LogP contribution in [0.1, 0.15) is 42.1 Å². The Morgan fingerprint density at radius 2 is 1.76 bits per heavy atom. The zero-order valence-electron chi connectivity index (χ0n) is 12.3. The summed E-state index contributed by atoms with van der Waals surface area (Å²) in [6, 6.07) is 18.0. The number of benzene rings is 2. The Bertz CT molecular complexity index is 625. The van der Waals surface area contributed by atoms with Crippen LogP contribution in [0.4, 0.5) is 0 Å². The Hall–Kier alpha value is -2.08. The molecule has 0 amide bonds. The molecule has 0 aromatic heterocycles. The fraction of sp³-hybridized carbons (Fsp3) is 0.263. The summed E-state index contributed by atoms with van der Waals surface area (Å²) >= 11 is 0. The summed E-state index contributed by atoms with van der Waals surface area (Å²) in [4.78, 5) is 0. The Morgan fingerprint density at radius 3 is 2.48 bits per heavy atom. The second-order valence-corrected chi connectivity index (χ2v) is 5.12. The van der Waals surface area contributed by atoms with E-state index in [1.54, 1.807) is 0 Å². The van der Waals surface area contributed by atoms with E-state index in [1.807, 2.05) is 42.5 Å². The van der Waals surface area contributed by atoms with Crippen molar-refractivity contribution in [1.29, 1.82) is 0 Å². The van der Waals surface area contributed by atoms with Crippen LogP contribution in [-0.2, 0) is 0 Å². The van der Waals surface area contributed by atoms with Crippen molar-refractivity contribution in [1.82, 2.24) is 0 Å². The van der Waals surface area contributed by atoms with Gasteiger partial charge in [-0.2, -0.15) is 0 Å². The molecule has 2 atom stereocenters. The van der Waals surface area contributed by atoms with Crippen molar-refractivity contribution in [3.8, 4) is 11.8 Å². The maximum atomic E-state index is 9.97. The third-order valence-electron chi connectivity index (χ3n) is 3.44. The first kappa shape index (κ1) is 15.3. The molecule has 3 N–H and O–H groups in total. The number of aliphatic hydroxyl groups is 1. The molecule has 0 aliphatic rings. The average molecular weight is 279 g/mol. The summed E-state index contributed by atoms with van der Waals surface area (Å²) in [6.45, 7) is 2.57. The lowest BCUT2D eigenvalue weighted by atomic mass is 10.0. The molecule has 108 valence electrons. The first-order valence-corrected chi connectivity index (χ1v) is 7.25. The number of nitrogens with two attached hydrogens (primary N) is 1. The van der Waals surface area contributed by atoms with Gasteiger partial charge in [-0.25, -0.2) is 0 Å². The van der Waals surface area contributed by atoms with Crippen LogP contribution in [0, 0.1) is 11.8 Å². The molecule has 0 heterocycles. The Balaban J connectivity index is 2.14. The van der Waals surface area contributed by atoms with Crippen molar-refractivity contribution in [3.63, 3.8) is 0 Å². The van der Waals surface area contributed by atoms with E-state index < -0.39 is 6.10 Å². The van der Waals surface area contributed by atoms with Gasteiger partial charge in [0, 0.05) is 11.5 Å². The number of hydrogen-bond acceptors (Lipinski definition) is 2. The highest BCUT2D eigenvalue weighted by Crippen LogP contribution is 2.17. The monoisotopic (exact) mass is 279 g/mol. The maximum absolute atomic E-state index is 9.97. The first-order chi connectivity index (χ1) is 10.2. The van der Waals surface area contributed by atoms with E-state index in [0.29, 0.717) is 13.0 Å². The van der Waals surface area contributed by atoms with E-state index in [9.17, 15) is 5.11 Å². The van der Waals surface area contributed by atoms with Crippen molar-refractivity contribution in [2.75, 3.05) is 6.54 Å². The molecule has 2 rings (SSSR count). The van der Waals surface area contributed by atoms with Crippen LogP contribution in [0.15, 0.2) is 54.6 Å². The van der Waals surface area contributed by atoms with Crippen LogP contribution in [0.5, 0.6) is 0 Å². The second kappa shape index (κ2) is 7.64.